The van der Waals surface area contributed by atoms with Gasteiger partial charge in [-0.1, -0.05) is 5.16 Å². The normalized spacial score (nSPS) is 16.9. The van der Waals surface area contributed by atoms with Crippen LogP contribution in [0.3, 0.4) is 0 Å². The number of fused-ring (bicyclic) bond motifs is 1. The molecule has 2 aromatic heterocycles. The highest BCUT2D eigenvalue weighted by Gasteiger charge is 2.29. The second-order valence-electron chi connectivity index (χ2n) is 6.69. The van der Waals surface area contributed by atoms with Crippen LogP contribution in [0.15, 0.2) is 4.52 Å². The largest absolute Gasteiger partial charge is 0.376 e. The van der Waals surface area contributed by atoms with Crippen molar-refractivity contribution in [3.05, 3.63) is 34.0 Å². The van der Waals surface area contributed by atoms with Crippen molar-refractivity contribution in [2.45, 2.75) is 52.8 Å². The van der Waals surface area contributed by atoms with Gasteiger partial charge in [0.1, 0.15) is 5.76 Å². The van der Waals surface area contributed by atoms with Gasteiger partial charge in [0.25, 0.3) is 5.91 Å². The van der Waals surface area contributed by atoms with E-state index in [1.165, 1.54) is 12.8 Å². The molecule has 1 amide bonds. The van der Waals surface area contributed by atoms with Crippen molar-refractivity contribution >= 4 is 5.91 Å². The van der Waals surface area contributed by atoms with E-state index in [9.17, 15) is 4.79 Å². The van der Waals surface area contributed by atoms with Gasteiger partial charge in [0, 0.05) is 36.3 Å². The maximum absolute atomic E-state index is 12.7. The maximum Gasteiger partial charge on any atom is 0.272 e. The van der Waals surface area contributed by atoms with Gasteiger partial charge in [-0.25, -0.2) is 0 Å². The quantitative estimate of drug-likeness (QED) is 0.905. The molecule has 1 aliphatic carbocycles. The number of carbonyl (C=O) groups excluding carboxylic acids is 1. The molecule has 0 bridgehead atoms. The Balaban J connectivity index is 1.54. The number of carbonyl (C=O) groups is 1. The summed E-state index contributed by atoms with van der Waals surface area (Å²) in [5.74, 6) is 1.29. The van der Waals surface area contributed by atoms with Crippen LogP contribution in [0.2, 0.25) is 0 Å². The van der Waals surface area contributed by atoms with E-state index in [4.69, 9.17) is 9.26 Å². The molecule has 0 spiro atoms. The predicted molar refractivity (Wildman–Crippen MR) is 85.5 cm³/mol. The Morgan fingerprint density at radius 2 is 2.21 bits per heavy atom. The maximum atomic E-state index is 12.7. The number of rotatable bonds is 5. The summed E-state index contributed by atoms with van der Waals surface area (Å²) in [4.78, 5) is 12.7. The van der Waals surface area contributed by atoms with Crippen molar-refractivity contribution in [3.8, 4) is 0 Å². The highest BCUT2D eigenvalue weighted by molar-refractivity contribution is 5.94. The van der Waals surface area contributed by atoms with E-state index in [0.717, 1.165) is 47.2 Å². The number of hydrogen-bond acceptors (Lipinski definition) is 5. The van der Waals surface area contributed by atoms with Crippen molar-refractivity contribution in [1.29, 1.82) is 0 Å². The highest BCUT2D eigenvalue weighted by atomic mass is 16.5. The molecule has 0 aromatic carbocycles. The molecule has 0 atom stereocenters. The number of amides is 1. The molecule has 3 heterocycles. The molecule has 1 saturated carbocycles. The summed E-state index contributed by atoms with van der Waals surface area (Å²) in [6, 6.07) is 0. The zero-order valence-electron chi connectivity index (χ0n) is 14.1. The number of nitrogens with one attached hydrogen (secondary N) is 1. The minimum Gasteiger partial charge on any atom is -0.376 e. The Morgan fingerprint density at radius 3 is 2.92 bits per heavy atom. The van der Waals surface area contributed by atoms with Crippen molar-refractivity contribution < 1.29 is 14.1 Å². The lowest BCUT2D eigenvalue weighted by atomic mass is 10.1. The number of aryl methyl sites for hydroxylation is 2. The van der Waals surface area contributed by atoms with Gasteiger partial charge in [0.2, 0.25) is 0 Å². The van der Waals surface area contributed by atoms with Crippen molar-refractivity contribution in [3.63, 3.8) is 0 Å². The fraction of sp³-hybridized carbons (Fsp3) is 0.588. The molecule has 4 rings (SSSR count). The second-order valence-corrected chi connectivity index (χ2v) is 6.69. The van der Waals surface area contributed by atoms with E-state index in [-0.39, 0.29) is 5.91 Å². The number of nitrogens with zero attached hydrogens (tertiary/aromatic N) is 3. The average molecular weight is 330 g/mol. The summed E-state index contributed by atoms with van der Waals surface area (Å²) in [6.07, 6.45) is 3.35. The molecule has 7 nitrogen and oxygen atoms in total. The standard InChI is InChI=1S/C17H22N4O3/c1-10-13(11(2)24-20-10)7-18-17(22)16-14-9-23-6-5-15(14)21(19-16)8-12-3-4-12/h12H,3-9H2,1-2H3,(H,18,22). The van der Waals surface area contributed by atoms with Gasteiger partial charge in [-0.2, -0.15) is 5.10 Å². The molecule has 24 heavy (non-hydrogen) atoms. The Labute approximate surface area is 140 Å². The van der Waals surface area contributed by atoms with Crippen molar-refractivity contribution in [2.24, 2.45) is 5.92 Å². The molecule has 1 fully saturated rings. The van der Waals surface area contributed by atoms with E-state index in [1.807, 2.05) is 18.5 Å². The summed E-state index contributed by atoms with van der Waals surface area (Å²) >= 11 is 0. The minimum atomic E-state index is -0.161. The van der Waals surface area contributed by atoms with Crippen LogP contribution in [0, 0.1) is 19.8 Å². The molecule has 2 aliphatic rings. The first-order chi connectivity index (χ1) is 11.6. The van der Waals surface area contributed by atoms with Crippen LogP contribution < -0.4 is 5.32 Å². The van der Waals surface area contributed by atoms with Gasteiger partial charge >= 0.3 is 0 Å². The second kappa shape index (κ2) is 6.05. The van der Waals surface area contributed by atoms with Crippen LogP contribution in [0.25, 0.3) is 0 Å². The topological polar surface area (TPSA) is 82.2 Å². The zero-order chi connectivity index (χ0) is 16.7. The molecule has 7 heteroatoms. The Bertz CT molecular complexity index is 754. The van der Waals surface area contributed by atoms with E-state index < -0.39 is 0 Å². The van der Waals surface area contributed by atoms with Gasteiger partial charge in [-0.15, -0.1) is 0 Å². The van der Waals surface area contributed by atoms with Crippen molar-refractivity contribution in [1.82, 2.24) is 20.3 Å². The third-order valence-corrected chi connectivity index (χ3v) is 4.85. The summed E-state index contributed by atoms with van der Waals surface area (Å²) < 4.78 is 12.7. The SMILES string of the molecule is Cc1noc(C)c1CNC(=O)c1nn(CC2CC2)c2c1COCC2. The lowest BCUT2D eigenvalue weighted by Gasteiger charge is -2.14. The van der Waals surface area contributed by atoms with Crippen LogP contribution in [-0.2, 0) is 30.9 Å². The number of aromatic nitrogens is 3. The first-order valence-electron chi connectivity index (χ1n) is 8.49. The lowest BCUT2D eigenvalue weighted by Crippen LogP contribution is -2.25. The number of ether oxygens (including phenoxy) is 1. The Morgan fingerprint density at radius 1 is 1.38 bits per heavy atom. The molecule has 1 aliphatic heterocycles. The Kier molecular flexibility index (Phi) is 3.88. The van der Waals surface area contributed by atoms with Gasteiger partial charge in [0.05, 0.1) is 18.9 Å². The van der Waals surface area contributed by atoms with Gasteiger partial charge in [0.15, 0.2) is 5.69 Å². The van der Waals surface area contributed by atoms with Gasteiger partial charge in [-0.3, -0.25) is 9.48 Å². The van der Waals surface area contributed by atoms with E-state index in [0.29, 0.717) is 25.5 Å². The minimum absolute atomic E-state index is 0.161. The molecule has 0 radical (unpaired) electrons. The third kappa shape index (κ3) is 2.84. The summed E-state index contributed by atoms with van der Waals surface area (Å²) in [6.45, 7) is 6.20. The smallest absolute Gasteiger partial charge is 0.272 e. The molecule has 1 N–H and O–H groups in total. The number of hydrogen-bond donors (Lipinski definition) is 1. The molecule has 0 saturated heterocycles. The lowest BCUT2D eigenvalue weighted by molar-refractivity contribution is 0.0922. The van der Waals surface area contributed by atoms with Crippen LogP contribution in [0.5, 0.6) is 0 Å². The fourth-order valence-corrected chi connectivity index (χ4v) is 3.19. The summed E-state index contributed by atoms with van der Waals surface area (Å²) in [7, 11) is 0. The molecular formula is C17H22N4O3. The third-order valence-electron chi connectivity index (χ3n) is 4.85. The highest BCUT2D eigenvalue weighted by Crippen LogP contribution is 2.32. The summed E-state index contributed by atoms with van der Waals surface area (Å²) in [5, 5.41) is 11.5. The molecular weight excluding hydrogens is 308 g/mol. The van der Waals surface area contributed by atoms with E-state index >= 15 is 0 Å². The molecule has 128 valence electrons. The predicted octanol–water partition coefficient (Wildman–Crippen LogP) is 1.90. The van der Waals surface area contributed by atoms with Gasteiger partial charge < -0.3 is 14.6 Å². The van der Waals surface area contributed by atoms with Gasteiger partial charge in [-0.05, 0) is 32.6 Å². The average Bonchev–Trinajstić information content (AvgIpc) is 3.25. The van der Waals surface area contributed by atoms with Crippen LogP contribution in [0.1, 0.15) is 51.6 Å². The first-order valence-corrected chi connectivity index (χ1v) is 8.49. The van der Waals surface area contributed by atoms with Crippen LogP contribution >= 0.6 is 0 Å². The van der Waals surface area contributed by atoms with Crippen LogP contribution in [0.4, 0.5) is 0 Å². The van der Waals surface area contributed by atoms with E-state index in [2.05, 4.69) is 15.6 Å². The monoisotopic (exact) mass is 330 g/mol. The molecule has 0 unspecified atom stereocenters. The zero-order valence-corrected chi connectivity index (χ0v) is 14.1. The van der Waals surface area contributed by atoms with E-state index in [1.54, 1.807) is 0 Å². The fourth-order valence-electron chi connectivity index (χ4n) is 3.19. The first kappa shape index (κ1) is 15.4. The Hall–Kier alpha value is -2.15. The molecule has 2 aromatic rings. The van der Waals surface area contributed by atoms with Crippen molar-refractivity contribution in [2.75, 3.05) is 6.61 Å². The summed E-state index contributed by atoms with van der Waals surface area (Å²) in [5.41, 5.74) is 4.33. The van der Waals surface area contributed by atoms with Crippen LogP contribution in [-0.4, -0.2) is 27.5 Å².